The van der Waals surface area contributed by atoms with Crippen LogP contribution in [0.15, 0.2) is 48.5 Å². The van der Waals surface area contributed by atoms with Crippen molar-refractivity contribution in [2.24, 2.45) is 0 Å². The van der Waals surface area contributed by atoms with Crippen LogP contribution in [0, 0.1) is 13.8 Å². The molecule has 150 valence electrons. The molecule has 0 aliphatic rings. The summed E-state index contributed by atoms with van der Waals surface area (Å²) in [6.07, 6.45) is 0.609. The highest BCUT2D eigenvalue weighted by atomic mass is 16.5. The van der Waals surface area contributed by atoms with E-state index in [-0.39, 0.29) is 12.5 Å². The lowest BCUT2D eigenvalue weighted by atomic mass is 10.0. The fourth-order valence-corrected chi connectivity index (χ4v) is 3.33. The first-order chi connectivity index (χ1) is 13.9. The largest absolute Gasteiger partial charge is 0.452 e. The summed E-state index contributed by atoms with van der Waals surface area (Å²) in [5, 5.41) is 0.916. The van der Waals surface area contributed by atoms with E-state index in [1.165, 1.54) is 5.56 Å². The summed E-state index contributed by atoms with van der Waals surface area (Å²) in [5.74, 6) is -0.752. The number of para-hydroxylation sites is 1. The van der Waals surface area contributed by atoms with E-state index in [0.29, 0.717) is 24.2 Å². The van der Waals surface area contributed by atoms with Gasteiger partial charge in [-0.15, -0.1) is 0 Å². The summed E-state index contributed by atoms with van der Waals surface area (Å²) in [5.41, 5.74) is 5.03. The van der Waals surface area contributed by atoms with E-state index in [9.17, 15) is 9.59 Å². The normalized spacial score (nSPS) is 10.8. The van der Waals surface area contributed by atoms with Crippen LogP contribution in [0.4, 0.5) is 0 Å². The van der Waals surface area contributed by atoms with Gasteiger partial charge in [0.1, 0.15) is 0 Å². The smallest absolute Gasteiger partial charge is 0.340 e. The minimum Gasteiger partial charge on any atom is -0.452 e. The minimum absolute atomic E-state index is 0.247. The quantitative estimate of drug-likeness (QED) is 0.591. The molecule has 29 heavy (non-hydrogen) atoms. The van der Waals surface area contributed by atoms with Crippen molar-refractivity contribution in [3.63, 3.8) is 0 Å². The molecule has 1 amide bonds. The van der Waals surface area contributed by atoms with Gasteiger partial charge in [-0.05, 0) is 37.5 Å². The standard InChI is InChI=1S/C24H26N2O3/c1-5-20-23(17(3)19-8-6-7-9-21(19)25-20)24(28)29-15-22(27)26(4)14-18-12-10-16(2)11-13-18/h6-13H,5,14-15H2,1-4H3. The fourth-order valence-electron chi connectivity index (χ4n) is 3.33. The number of carbonyl (C=O) groups excluding carboxylic acids is 2. The molecule has 3 aromatic rings. The third-order valence-electron chi connectivity index (χ3n) is 5.06. The maximum absolute atomic E-state index is 12.8. The first kappa shape index (κ1) is 20.5. The molecule has 0 atom stereocenters. The molecule has 2 aromatic carbocycles. The molecule has 0 saturated carbocycles. The van der Waals surface area contributed by atoms with Crippen LogP contribution in [-0.2, 0) is 22.5 Å². The number of aryl methyl sites for hydroxylation is 3. The van der Waals surface area contributed by atoms with Gasteiger partial charge < -0.3 is 9.64 Å². The number of hydrogen-bond acceptors (Lipinski definition) is 4. The summed E-state index contributed by atoms with van der Waals surface area (Å²) in [6.45, 7) is 6.04. The van der Waals surface area contributed by atoms with Crippen LogP contribution < -0.4 is 0 Å². The minimum atomic E-state index is -0.505. The average Bonchev–Trinajstić information content (AvgIpc) is 2.73. The van der Waals surface area contributed by atoms with Crippen molar-refractivity contribution in [3.8, 4) is 0 Å². The van der Waals surface area contributed by atoms with Crippen LogP contribution in [0.1, 0.15) is 39.7 Å². The first-order valence-electron chi connectivity index (χ1n) is 9.75. The number of nitrogens with zero attached hydrogens (tertiary/aromatic N) is 2. The lowest BCUT2D eigenvalue weighted by Crippen LogP contribution is -2.31. The number of hydrogen-bond donors (Lipinski definition) is 0. The predicted molar refractivity (Wildman–Crippen MR) is 114 cm³/mol. The number of pyridine rings is 1. The van der Waals surface area contributed by atoms with Crippen LogP contribution in [0.5, 0.6) is 0 Å². The SMILES string of the molecule is CCc1nc2ccccc2c(C)c1C(=O)OCC(=O)N(C)Cc1ccc(C)cc1. The van der Waals surface area contributed by atoms with Crippen LogP contribution in [-0.4, -0.2) is 35.4 Å². The summed E-state index contributed by atoms with van der Waals surface area (Å²) < 4.78 is 5.37. The van der Waals surface area contributed by atoms with E-state index in [0.717, 1.165) is 22.0 Å². The molecular formula is C24H26N2O3. The van der Waals surface area contributed by atoms with Gasteiger partial charge in [-0.3, -0.25) is 9.78 Å². The third kappa shape index (κ3) is 4.62. The Morgan fingerprint density at radius 3 is 2.41 bits per heavy atom. The second-order valence-corrected chi connectivity index (χ2v) is 7.24. The van der Waals surface area contributed by atoms with E-state index < -0.39 is 5.97 Å². The van der Waals surface area contributed by atoms with Gasteiger partial charge in [-0.2, -0.15) is 0 Å². The Balaban J connectivity index is 1.70. The zero-order valence-corrected chi connectivity index (χ0v) is 17.4. The Hall–Kier alpha value is -3.21. The maximum Gasteiger partial charge on any atom is 0.340 e. The molecule has 5 nitrogen and oxygen atoms in total. The molecular weight excluding hydrogens is 364 g/mol. The van der Waals surface area contributed by atoms with Gasteiger partial charge in [0.05, 0.1) is 16.8 Å². The highest BCUT2D eigenvalue weighted by molar-refractivity contribution is 5.99. The number of rotatable bonds is 6. The number of esters is 1. The van der Waals surface area contributed by atoms with E-state index in [2.05, 4.69) is 4.98 Å². The molecule has 0 N–H and O–H groups in total. The van der Waals surface area contributed by atoms with Crippen molar-refractivity contribution < 1.29 is 14.3 Å². The maximum atomic E-state index is 12.8. The van der Waals surface area contributed by atoms with E-state index in [4.69, 9.17) is 4.74 Å². The Kier molecular flexibility index (Phi) is 6.27. The van der Waals surface area contributed by atoms with E-state index in [1.807, 2.05) is 69.3 Å². The molecule has 0 aliphatic heterocycles. The van der Waals surface area contributed by atoms with Gasteiger partial charge in [0, 0.05) is 19.0 Å². The highest BCUT2D eigenvalue weighted by Crippen LogP contribution is 2.24. The van der Waals surface area contributed by atoms with Gasteiger partial charge in [0.25, 0.3) is 5.91 Å². The molecule has 0 saturated heterocycles. The number of fused-ring (bicyclic) bond motifs is 1. The van der Waals surface area contributed by atoms with Crippen molar-refractivity contribution in [2.75, 3.05) is 13.7 Å². The lowest BCUT2D eigenvalue weighted by molar-refractivity contribution is -0.133. The Bertz CT molecular complexity index is 1040. The highest BCUT2D eigenvalue weighted by Gasteiger charge is 2.21. The molecule has 0 spiro atoms. The summed E-state index contributed by atoms with van der Waals surface area (Å²) in [4.78, 5) is 31.4. The molecule has 0 aliphatic carbocycles. The van der Waals surface area contributed by atoms with E-state index in [1.54, 1.807) is 11.9 Å². The molecule has 0 bridgehead atoms. The van der Waals surface area contributed by atoms with Crippen molar-refractivity contribution in [1.29, 1.82) is 0 Å². The first-order valence-corrected chi connectivity index (χ1v) is 9.75. The van der Waals surface area contributed by atoms with Crippen molar-refractivity contribution in [1.82, 2.24) is 9.88 Å². The van der Waals surface area contributed by atoms with Crippen molar-refractivity contribution in [3.05, 3.63) is 76.5 Å². The van der Waals surface area contributed by atoms with Gasteiger partial charge in [0.2, 0.25) is 0 Å². The van der Waals surface area contributed by atoms with Crippen molar-refractivity contribution in [2.45, 2.75) is 33.7 Å². The van der Waals surface area contributed by atoms with Crippen LogP contribution in [0.2, 0.25) is 0 Å². The van der Waals surface area contributed by atoms with Crippen LogP contribution >= 0.6 is 0 Å². The van der Waals surface area contributed by atoms with Gasteiger partial charge >= 0.3 is 5.97 Å². The lowest BCUT2D eigenvalue weighted by Gasteiger charge is -2.18. The summed E-state index contributed by atoms with van der Waals surface area (Å²) in [6, 6.07) is 15.7. The molecule has 3 rings (SSSR count). The molecule has 1 heterocycles. The van der Waals surface area contributed by atoms with Crippen molar-refractivity contribution >= 4 is 22.8 Å². The third-order valence-corrected chi connectivity index (χ3v) is 5.06. The topological polar surface area (TPSA) is 59.5 Å². The van der Waals surface area contributed by atoms with Gasteiger partial charge in [-0.1, -0.05) is 55.0 Å². The second kappa shape index (κ2) is 8.86. The molecule has 1 aromatic heterocycles. The molecule has 0 fully saturated rings. The summed E-state index contributed by atoms with van der Waals surface area (Å²) >= 11 is 0. The Labute approximate surface area is 171 Å². The molecule has 5 heteroatoms. The number of likely N-dealkylation sites (N-methyl/N-ethyl adjacent to an activating group) is 1. The zero-order valence-electron chi connectivity index (χ0n) is 17.4. The van der Waals surface area contributed by atoms with E-state index >= 15 is 0 Å². The number of amides is 1. The Morgan fingerprint density at radius 1 is 1.03 bits per heavy atom. The number of benzene rings is 2. The summed E-state index contributed by atoms with van der Waals surface area (Å²) in [7, 11) is 1.70. The number of carbonyl (C=O) groups is 2. The van der Waals surface area contributed by atoms with Gasteiger partial charge in [0.15, 0.2) is 6.61 Å². The Morgan fingerprint density at radius 2 is 1.72 bits per heavy atom. The number of ether oxygens (including phenoxy) is 1. The predicted octanol–water partition coefficient (Wildman–Crippen LogP) is 4.23. The van der Waals surface area contributed by atoms with Crippen LogP contribution in [0.25, 0.3) is 10.9 Å². The fraction of sp³-hybridized carbons (Fsp3) is 0.292. The average molecular weight is 390 g/mol. The molecule has 0 radical (unpaired) electrons. The zero-order chi connectivity index (χ0) is 21.0. The van der Waals surface area contributed by atoms with Crippen LogP contribution in [0.3, 0.4) is 0 Å². The number of aromatic nitrogens is 1. The monoisotopic (exact) mass is 390 g/mol. The molecule has 0 unspecified atom stereocenters. The second-order valence-electron chi connectivity index (χ2n) is 7.24. The van der Waals surface area contributed by atoms with Gasteiger partial charge in [-0.25, -0.2) is 4.79 Å².